The highest BCUT2D eigenvalue weighted by atomic mass is 32.2. The van der Waals surface area contributed by atoms with E-state index in [9.17, 15) is 18.0 Å². The van der Waals surface area contributed by atoms with E-state index in [2.05, 4.69) is 29.0 Å². The van der Waals surface area contributed by atoms with Crippen LogP contribution in [0.25, 0.3) is 10.8 Å². The minimum absolute atomic E-state index is 0.0621. The van der Waals surface area contributed by atoms with E-state index in [0.29, 0.717) is 24.8 Å². The summed E-state index contributed by atoms with van der Waals surface area (Å²) >= 11 is 0. The van der Waals surface area contributed by atoms with Gasteiger partial charge in [0.05, 0.1) is 4.90 Å². The van der Waals surface area contributed by atoms with Crippen molar-refractivity contribution in [2.24, 2.45) is 22.6 Å². The predicted molar refractivity (Wildman–Crippen MR) is 216 cm³/mol. The van der Waals surface area contributed by atoms with Gasteiger partial charge in [0.2, 0.25) is 21.8 Å². The Labute approximate surface area is 320 Å². The summed E-state index contributed by atoms with van der Waals surface area (Å²) in [4.78, 5) is 36.9. The third-order valence-electron chi connectivity index (χ3n) is 10.8. The van der Waals surface area contributed by atoms with Gasteiger partial charge in [-0.3, -0.25) is 14.6 Å². The standard InChI is InChI=1S/C43H54N6O4S/c1-48(2)30-34-16-14-33(15-17-34)29-45-41(44)36-20-18-32(19-21-36)27-40(43(51)49-24-8-9-25-49)46-42(50)39(26-31-10-4-3-5-11-31)47-54(52,53)38-23-22-35-12-6-7-13-37(35)28-38/h3-7,10-13,18-23,28,33-34,39-40,47H,8-9,14-17,24-27,29-30H2,1-2H3,(H2,44,45)(H,46,50)/t33?,34?,39-,40?/m1/s1. The van der Waals surface area contributed by atoms with Crippen molar-refractivity contribution in [1.29, 1.82) is 0 Å². The van der Waals surface area contributed by atoms with Gasteiger partial charge in [0.1, 0.15) is 17.9 Å². The van der Waals surface area contributed by atoms with Gasteiger partial charge in [0.25, 0.3) is 0 Å². The first kappa shape index (κ1) is 39.1. The molecule has 2 fully saturated rings. The number of nitrogens with one attached hydrogen (secondary N) is 2. The number of hydrogen-bond acceptors (Lipinski definition) is 6. The number of likely N-dealkylation sites (tertiary alicyclic amines) is 1. The number of carbonyl (C=O) groups excluding carboxylic acids is 2. The second-order valence-electron chi connectivity index (χ2n) is 15.2. The van der Waals surface area contributed by atoms with Crippen LogP contribution in [-0.2, 0) is 32.5 Å². The summed E-state index contributed by atoms with van der Waals surface area (Å²) in [7, 11) is 0.156. The molecule has 1 saturated heterocycles. The molecule has 4 aromatic carbocycles. The maximum absolute atomic E-state index is 14.2. The Balaban J connectivity index is 1.16. The molecule has 10 nitrogen and oxygen atoms in total. The Kier molecular flexibility index (Phi) is 13.2. The zero-order chi connectivity index (χ0) is 38.1. The largest absolute Gasteiger partial charge is 0.384 e. The molecule has 1 aliphatic heterocycles. The van der Waals surface area contributed by atoms with Gasteiger partial charge in [-0.1, -0.05) is 84.9 Å². The summed E-state index contributed by atoms with van der Waals surface area (Å²) in [6.07, 6.45) is 6.94. The van der Waals surface area contributed by atoms with Crippen LogP contribution in [0.2, 0.25) is 0 Å². The van der Waals surface area contributed by atoms with Crippen LogP contribution in [-0.4, -0.2) is 88.2 Å². The molecule has 286 valence electrons. The Bertz CT molecular complexity index is 2000. The van der Waals surface area contributed by atoms with Gasteiger partial charge in [-0.2, -0.15) is 4.72 Å². The fraction of sp³-hybridized carbons (Fsp3) is 0.419. The van der Waals surface area contributed by atoms with Crippen LogP contribution in [0.4, 0.5) is 0 Å². The number of amides is 2. The van der Waals surface area contributed by atoms with Gasteiger partial charge < -0.3 is 20.9 Å². The molecular weight excluding hydrogens is 697 g/mol. The minimum Gasteiger partial charge on any atom is -0.384 e. The molecule has 2 atom stereocenters. The second-order valence-corrected chi connectivity index (χ2v) is 17.0. The van der Waals surface area contributed by atoms with E-state index in [0.717, 1.165) is 59.3 Å². The van der Waals surface area contributed by atoms with E-state index >= 15 is 0 Å². The molecule has 2 amide bonds. The number of fused-ring (bicyclic) bond motifs is 1. The summed E-state index contributed by atoms with van der Waals surface area (Å²) in [5.74, 6) is 1.06. The molecule has 11 heteroatoms. The quantitative estimate of drug-likeness (QED) is 0.114. The number of rotatable bonds is 15. The lowest BCUT2D eigenvalue weighted by Gasteiger charge is -2.29. The normalized spacial score (nSPS) is 19.2. The maximum atomic E-state index is 14.2. The Morgan fingerprint density at radius 3 is 2.09 bits per heavy atom. The predicted octanol–water partition coefficient (Wildman–Crippen LogP) is 5.15. The number of sulfonamides is 1. The molecule has 0 radical (unpaired) electrons. The van der Waals surface area contributed by atoms with Crippen LogP contribution in [0.3, 0.4) is 0 Å². The van der Waals surface area contributed by atoms with Crippen LogP contribution in [0.15, 0.2) is 107 Å². The molecular formula is C43H54N6O4S. The lowest BCUT2D eigenvalue weighted by atomic mass is 9.82. The van der Waals surface area contributed by atoms with Gasteiger partial charge in [-0.25, -0.2) is 8.42 Å². The van der Waals surface area contributed by atoms with Crippen molar-refractivity contribution in [3.63, 3.8) is 0 Å². The highest BCUT2D eigenvalue weighted by Gasteiger charge is 2.33. The third kappa shape index (κ3) is 10.5. The topological polar surface area (TPSA) is 137 Å². The van der Waals surface area contributed by atoms with Crippen molar-refractivity contribution < 1.29 is 18.0 Å². The molecule has 6 rings (SSSR count). The highest BCUT2D eigenvalue weighted by molar-refractivity contribution is 7.89. The van der Waals surface area contributed by atoms with Crippen molar-refractivity contribution in [2.45, 2.75) is 68.3 Å². The average Bonchev–Trinajstić information content (AvgIpc) is 3.72. The zero-order valence-electron chi connectivity index (χ0n) is 31.5. The van der Waals surface area contributed by atoms with Crippen molar-refractivity contribution in [3.05, 3.63) is 114 Å². The number of amidine groups is 1. The highest BCUT2D eigenvalue weighted by Crippen LogP contribution is 2.29. The van der Waals surface area contributed by atoms with Gasteiger partial charge in [-0.05, 0) is 105 Å². The molecule has 4 N–H and O–H groups in total. The van der Waals surface area contributed by atoms with Gasteiger partial charge in [0, 0.05) is 38.2 Å². The fourth-order valence-corrected chi connectivity index (χ4v) is 8.97. The van der Waals surface area contributed by atoms with Crippen molar-refractivity contribution in [1.82, 2.24) is 19.8 Å². The summed E-state index contributed by atoms with van der Waals surface area (Å²) < 4.78 is 30.2. The van der Waals surface area contributed by atoms with E-state index in [1.165, 1.54) is 25.7 Å². The Morgan fingerprint density at radius 2 is 1.41 bits per heavy atom. The third-order valence-corrected chi connectivity index (χ3v) is 12.2. The Morgan fingerprint density at radius 1 is 0.796 bits per heavy atom. The summed E-state index contributed by atoms with van der Waals surface area (Å²) in [6.45, 7) is 3.10. The average molecular weight is 751 g/mol. The van der Waals surface area contributed by atoms with Crippen LogP contribution in [0, 0.1) is 11.8 Å². The lowest BCUT2D eigenvalue weighted by molar-refractivity contribution is -0.136. The van der Waals surface area contributed by atoms with Gasteiger partial charge in [0.15, 0.2) is 0 Å². The zero-order valence-corrected chi connectivity index (χ0v) is 32.3. The van der Waals surface area contributed by atoms with Gasteiger partial charge in [-0.15, -0.1) is 0 Å². The van der Waals surface area contributed by atoms with E-state index in [1.807, 2.05) is 78.9 Å². The van der Waals surface area contributed by atoms with Crippen molar-refractivity contribution in [3.8, 4) is 0 Å². The van der Waals surface area contributed by atoms with E-state index in [-0.39, 0.29) is 23.6 Å². The molecule has 1 saturated carbocycles. The fourth-order valence-electron chi connectivity index (χ4n) is 7.74. The summed E-state index contributed by atoms with van der Waals surface area (Å²) in [5.41, 5.74) is 8.89. The molecule has 54 heavy (non-hydrogen) atoms. The number of aliphatic imine (C=N–C) groups is 1. The molecule has 1 heterocycles. The second kappa shape index (κ2) is 18.2. The van der Waals surface area contributed by atoms with E-state index in [4.69, 9.17) is 10.7 Å². The number of carbonyl (C=O) groups is 2. The van der Waals surface area contributed by atoms with Crippen LogP contribution < -0.4 is 15.8 Å². The first-order valence-corrected chi connectivity index (χ1v) is 20.7. The van der Waals surface area contributed by atoms with Crippen molar-refractivity contribution >= 4 is 38.4 Å². The van der Waals surface area contributed by atoms with Crippen LogP contribution in [0.5, 0.6) is 0 Å². The van der Waals surface area contributed by atoms with Crippen LogP contribution in [0.1, 0.15) is 55.2 Å². The van der Waals surface area contributed by atoms with E-state index < -0.39 is 28.0 Å². The number of benzene rings is 4. The minimum atomic E-state index is -4.11. The van der Waals surface area contributed by atoms with Gasteiger partial charge >= 0.3 is 0 Å². The number of hydrogen-bond donors (Lipinski definition) is 3. The van der Waals surface area contributed by atoms with Crippen molar-refractivity contribution in [2.75, 3.05) is 40.3 Å². The molecule has 2 aliphatic rings. The molecule has 0 spiro atoms. The number of nitrogens with two attached hydrogens (primary N) is 1. The lowest BCUT2D eigenvalue weighted by Crippen LogP contribution is -2.55. The molecule has 1 aliphatic carbocycles. The molecule has 1 unspecified atom stereocenters. The molecule has 4 aromatic rings. The molecule has 0 bridgehead atoms. The number of nitrogens with zero attached hydrogens (tertiary/aromatic N) is 3. The maximum Gasteiger partial charge on any atom is 0.245 e. The first-order chi connectivity index (χ1) is 26.0. The summed E-state index contributed by atoms with van der Waals surface area (Å²) in [6, 6.07) is 27.3. The van der Waals surface area contributed by atoms with E-state index in [1.54, 1.807) is 23.1 Å². The summed E-state index contributed by atoms with van der Waals surface area (Å²) in [5, 5.41) is 4.65. The SMILES string of the molecule is CN(C)CC1CCC(CN=C(N)c2ccc(CC(NC(=O)[C@@H](Cc3ccccc3)NS(=O)(=O)c3ccc4ccccc4c3)C(=O)N3CCCC3)cc2)CC1. The molecule has 0 aromatic heterocycles. The Hall–Kier alpha value is -4.58. The smallest absolute Gasteiger partial charge is 0.245 e. The first-order valence-electron chi connectivity index (χ1n) is 19.2. The monoisotopic (exact) mass is 750 g/mol. The van der Waals surface area contributed by atoms with Crippen LogP contribution >= 0.6 is 0 Å².